The minimum Gasteiger partial charge on any atom is -0.497 e. The van der Waals surface area contributed by atoms with Crippen molar-refractivity contribution in [3.8, 4) is 11.4 Å². The van der Waals surface area contributed by atoms with Crippen molar-refractivity contribution in [1.82, 2.24) is 29.3 Å². The Morgan fingerprint density at radius 3 is 2.55 bits per heavy atom. The maximum absolute atomic E-state index is 13.0. The number of hydrogen-bond acceptors (Lipinski definition) is 8. The summed E-state index contributed by atoms with van der Waals surface area (Å²) in [6, 6.07) is 13.9. The number of fused-ring (bicyclic) bond motifs is 1. The molecule has 5 rings (SSSR count). The van der Waals surface area contributed by atoms with Crippen LogP contribution in [0, 0.1) is 0 Å². The van der Waals surface area contributed by atoms with E-state index in [4.69, 9.17) is 16.3 Å². The van der Waals surface area contributed by atoms with Crippen molar-refractivity contribution in [1.29, 1.82) is 0 Å². The smallest absolute Gasteiger partial charge is 0.244 e. The number of benzene rings is 2. The van der Waals surface area contributed by atoms with E-state index in [1.54, 1.807) is 30.0 Å². The maximum atomic E-state index is 13.0. The molecule has 33 heavy (non-hydrogen) atoms. The number of methoxy groups -OCH3 is 1. The number of rotatable bonds is 5. The Kier molecular flexibility index (Phi) is 5.60. The molecular weight excluding hydrogens is 466 g/mol. The van der Waals surface area contributed by atoms with Gasteiger partial charge in [0, 0.05) is 32.2 Å². The molecule has 2 aromatic carbocycles. The Morgan fingerprint density at radius 1 is 1.00 bits per heavy atom. The number of halogens is 1. The molecule has 3 heterocycles. The molecule has 10 nitrogen and oxygen atoms in total. The highest BCUT2D eigenvalue weighted by Gasteiger charge is 2.31. The van der Waals surface area contributed by atoms with Gasteiger partial charge in [-0.3, -0.25) is 0 Å². The second-order valence-electron chi connectivity index (χ2n) is 7.39. The van der Waals surface area contributed by atoms with Gasteiger partial charge in [-0.05, 0) is 24.3 Å². The predicted molar refractivity (Wildman–Crippen MR) is 123 cm³/mol. The summed E-state index contributed by atoms with van der Waals surface area (Å²) in [6.45, 7) is 1.48. The molecule has 12 heteroatoms. The largest absolute Gasteiger partial charge is 0.497 e. The second-order valence-corrected chi connectivity index (χ2v) is 9.71. The summed E-state index contributed by atoms with van der Waals surface area (Å²) in [4.78, 5) is 10.9. The summed E-state index contributed by atoms with van der Waals surface area (Å²) in [7, 11) is -2.08. The van der Waals surface area contributed by atoms with Crippen molar-refractivity contribution in [2.45, 2.75) is 4.90 Å². The lowest BCUT2D eigenvalue weighted by atomic mass is 10.3. The molecular formula is C21H20ClN7O3S. The normalized spacial score (nSPS) is 15.2. The van der Waals surface area contributed by atoms with Crippen LogP contribution < -0.4 is 9.64 Å². The second kappa shape index (κ2) is 8.58. The van der Waals surface area contributed by atoms with Crippen LogP contribution in [-0.4, -0.2) is 71.0 Å². The van der Waals surface area contributed by atoms with Gasteiger partial charge in [-0.2, -0.15) is 8.99 Å². The zero-order valence-electron chi connectivity index (χ0n) is 17.7. The molecule has 0 bridgehead atoms. The molecule has 1 fully saturated rings. The van der Waals surface area contributed by atoms with Gasteiger partial charge in [-0.15, -0.1) is 5.10 Å². The van der Waals surface area contributed by atoms with Crippen molar-refractivity contribution in [2.75, 3.05) is 38.2 Å². The molecule has 0 unspecified atom stereocenters. The first kappa shape index (κ1) is 21.6. The summed E-state index contributed by atoms with van der Waals surface area (Å²) in [5, 5.41) is 8.78. The van der Waals surface area contributed by atoms with Crippen LogP contribution in [0.25, 0.3) is 16.9 Å². The Bertz CT molecular complexity index is 1420. The quantitative estimate of drug-likeness (QED) is 0.424. The summed E-state index contributed by atoms with van der Waals surface area (Å²) in [5.41, 5.74) is 1.86. The van der Waals surface area contributed by atoms with Gasteiger partial charge in [0.15, 0.2) is 17.0 Å². The van der Waals surface area contributed by atoms with E-state index in [9.17, 15) is 8.42 Å². The minimum absolute atomic E-state index is 0.116. The fraction of sp³-hybridized carbons (Fsp3) is 0.238. The van der Waals surface area contributed by atoms with E-state index in [1.807, 2.05) is 29.2 Å². The third-order valence-electron chi connectivity index (χ3n) is 5.51. The predicted octanol–water partition coefficient (Wildman–Crippen LogP) is 2.38. The Labute approximate surface area is 195 Å². The van der Waals surface area contributed by atoms with Crippen LogP contribution in [0.2, 0.25) is 5.02 Å². The molecule has 0 spiro atoms. The molecule has 4 aromatic rings. The molecule has 0 aliphatic carbocycles. The molecule has 1 saturated heterocycles. The number of anilines is 1. The average molecular weight is 486 g/mol. The van der Waals surface area contributed by atoms with Crippen molar-refractivity contribution in [2.24, 2.45) is 0 Å². The van der Waals surface area contributed by atoms with Gasteiger partial charge in [-0.1, -0.05) is 35.0 Å². The molecule has 0 N–H and O–H groups in total. The lowest BCUT2D eigenvalue weighted by Crippen LogP contribution is -2.49. The monoisotopic (exact) mass is 485 g/mol. The van der Waals surface area contributed by atoms with E-state index in [2.05, 4.69) is 20.3 Å². The highest BCUT2D eigenvalue weighted by Crippen LogP contribution is 2.28. The zero-order valence-corrected chi connectivity index (χ0v) is 19.2. The maximum Gasteiger partial charge on any atom is 0.244 e. The van der Waals surface area contributed by atoms with Crippen LogP contribution in [0.15, 0.2) is 59.8 Å². The minimum atomic E-state index is -3.68. The zero-order chi connectivity index (χ0) is 23.0. The van der Waals surface area contributed by atoms with Crippen LogP contribution in [0.3, 0.4) is 0 Å². The van der Waals surface area contributed by atoms with Crippen molar-refractivity contribution >= 4 is 38.6 Å². The van der Waals surface area contributed by atoms with Crippen LogP contribution >= 0.6 is 11.6 Å². The molecule has 0 atom stereocenters. The SMILES string of the molecule is COc1cccc(-n2nnc3c(N4CCN(S(=O)(=O)c5ccccc5Cl)CC4)ncnc32)c1. The first-order chi connectivity index (χ1) is 16.0. The van der Waals surface area contributed by atoms with Gasteiger partial charge < -0.3 is 9.64 Å². The molecule has 1 aliphatic heterocycles. The number of ether oxygens (including phenoxy) is 1. The van der Waals surface area contributed by atoms with Gasteiger partial charge in [0.2, 0.25) is 10.0 Å². The van der Waals surface area contributed by atoms with Crippen LogP contribution in [-0.2, 0) is 10.0 Å². The van der Waals surface area contributed by atoms with Gasteiger partial charge in [0.05, 0.1) is 17.8 Å². The lowest BCUT2D eigenvalue weighted by Gasteiger charge is -2.34. The molecule has 0 amide bonds. The van der Waals surface area contributed by atoms with Gasteiger partial charge in [0.25, 0.3) is 0 Å². The third-order valence-corrected chi connectivity index (χ3v) is 7.91. The Balaban J connectivity index is 1.40. The van der Waals surface area contributed by atoms with Crippen LogP contribution in [0.5, 0.6) is 5.75 Å². The van der Waals surface area contributed by atoms with E-state index >= 15 is 0 Å². The summed E-state index contributed by atoms with van der Waals surface area (Å²) in [5.74, 6) is 1.31. The van der Waals surface area contributed by atoms with Gasteiger partial charge >= 0.3 is 0 Å². The van der Waals surface area contributed by atoms with Crippen molar-refractivity contribution in [3.05, 3.63) is 59.9 Å². The van der Waals surface area contributed by atoms with Crippen molar-refractivity contribution < 1.29 is 13.2 Å². The number of sulfonamides is 1. The highest BCUT2D eigenvalue weighted by atomic mass is 35.5. The van der Waals surface area contributed by atoms with E-state index in [-0.39, 0.29) is 9.92 Å². The van der Waals surface area contributed by atoms with E-state index in [1.165, 1.54) is 16.7 Å². The first-order valence-corrected chi connectivity index (χ1v) is 12.0. The molecule has 0 radical (unpaired) electrons. The molecule has 2 aromatic heterocycles. The number of piperazine rings is 1. The summed E-state index contributed by atoms with van der Waals surface area (Å²) >= 11 is 6.13. The molecule has 1 aliphatic rings. The lowest BCUT2D eigenvalue weighted by molar-refractivity contribution is 0.384. The van der Waals surface area contributed by atoms with E-state index in [0.717, 1.165) is 5.69 Å². The van der Waals surface area contributed by atoms with Crippen LogP contribution in [0.4, 0.5) is 5.82 Å². The van der Waals surface area contributed by atoms with Gasteiger partial charge in [-0.25, -0.2) is 18.4 Å². The number of hydrogen-bond donors (Lipinski definition) is 0. The Hall–Kier alpha value is -3.28. The van der Waals surface area contributed by atoms with E-state index in [0.29, 0.717) is 48.9 Å². The topological polar surface area (TPSA) is 106 Å². The summed E-state index contributed by atoms with van der Waals surface area (Å²) in [6.07, 6.45) is 1.46. The van der Waals surface area contributed by atoms with Crippen LogP contribution in [0.1, 0.15) is 0 Å². The van der Waals surface area contributed by atoms with E-state index < -0.39 is 10.0 Å². The fourth-order valence-electron chi connectivity index (χ4n) is 3.82. The Morgan fingerprint density at radius 2 is 1.79 bits per heavy atom. The molecule has 0 saturated carbocycles. The third kappa shape index (κ3) is 3.88. The summed E-state index contributed by atoms with van der Waals surface area (Å²) < 4.78 is 34.4. The fourth-order valence-corrected chi connectivity index (χ4v) is 5.73. The average Bonchev–Trinajstić information content (AvgIpc) is 3.29. The number of nitrogens with zero attached hydrogens (tertiary/aromatic N) is 7. The first-order valence-electron chi connectivity index (χ1n) is 10.2. The highest BCUT2D eigenvalue weighted by molar-refractivity contribution is 7.89. The van der Waals surface area contributed by atoms with Gasteiger partial charge in [0.1, 0.15) is 17.0 Å². The standard InChI is InChI=1S/C21H20ClN7O3S/c1-32-16-6-4-5-15(13-16)29-21-19(25-26-29)20(23-14-24-21)27-9-11-28(12-10-27)33(30,31)18-8-3-2-7-17(18)22/h2-8,13-14H,9-12H2,1H3. The number of aromatic nitrogens is 5. The molecule has 170 valence electrons. The van der Waals surface area contributed by atoms with Crippen molar-refractivity contribution in [3.63, 3.8) is 0 Å².